The summed E-state index contributed by atoms with van der Waals surface area (Å²) in [4.78, 5) is 0. The number of furan rings is 1. The molecule has 1 aliphatic rings. The molecule has 0 amide bonds. The van der Waals surface area contributed by atoms with Gasteiger partial charge in [0.1, 0.15) is 11.2 Å². The molecule has 2 aromatic carbocycles. The highest BCUT2D eigenvalue weighted by atomic mass is 16.3. The van der Waals surface area contributed by atoms with E-state index in [-0.39, 0.29) is 0 Å². The molecule has 4 rings (SSSR count). The van der Waals surface area contributed by atoms with E-state index >= 15 is 0 Å². The average Bonchev–Trinajstić information content (AvgIpc) is 2.88. The van der Waals surface area contributed by atoms with E-state index < -0.39 is 0 Å². The maximum atomic E-state index is 5.89. The van der Waals surface area contributed by atoms with Crippen molar-refractivity contribution >= 4 is 27.6 Å². The van der Waals surface area contributed by atoms with Crippen LogP contribution in [0, 0.1) is 5.92 Å². The van der Waals surface area contributed by atoms with Crippen molar-refractivity contribution in [1.82, 2.24) is 0 Å². The first-order chi connectivity index (χ1) is 10.3. The molecule has 2 heteroatoms. The van der Waals surface area contributed by atoms with Gasteiger partial charge in [0.25, 0.3) is 0 Å². The van der Waals surface area contributed by atoms with Gasteiger partial charge in [0.2, 0.25) is 0 Å². The van der Waals surface area contributed by atoms with E-state index in [1.165, 1.54) is 42.1 Å². The maximum absolute atomic E-state index is 5.89. The van der Waals surface area contributed by atoms with E-state index in [0.29, 0.717) is 6.04 Å². The Balaban J connectivity index is 1.71. The fourth-order valence-electron chi connectivity index (χ4n) is 3.56. The van der Waals surface area contributed by atoms with E-state index in [9.17, 15) is 0 Å². The van der Waals surface area contributed by atoms with Gasteiger partial charge in [-0.2, -0.15) is 0 Å². The van der Waals surface area contributed by atoms with Crippen molar-refractivity contribution in [2.75, 3.05) is 5.32 Å². The number of fused-ring (bicyclic) bond motifs is 3. The SMILES string of the molecule is CC1CCCCC1Nc1ccc2oc3ccccc3c2c1. The highest BCUT2D eigenvalue weighted by molar-refractivity contribution is 6.05. The van der Waals surface area contributed by atoms with E-state index in [1.54, 1.807) is 0 Å². The van der Waals surface area contributed by atoms with E-state index in [1.807, 2.05) is 12.1 Å². The fraction of sp³-hybridized carbons (Fsp3) is 0.368. The number of para-hydroxylation sites is 1. The average molecular weight is 279 g/mol. The Morgan fingerprint density at radius 3 is 2.67 bits per heavy atom. The molecule has 2 unspecified atom stereocenters. The van der Waals surface area contributed by atoms with Crippen LogP contribution in [-0.4, -0.2) is 6.04 Å². The summed E-state index contributed by atoms with van der Waals surface area (Å²) in [5.74, 6) is 0.760. The molecule has 2 nitrogen and oxygen atoms in total. The van der Waals surface area contributed by atoms with Crippen molar-refractivity contribution < 1.29 is 4.42 Å². The van der Waals surface area contributed by atoms with Gasteiger partial charge >= 0.3 is 0 Å². The van der Waals surface area contributed by atoms with Gasteiger partial charge in [-0.25, -0.2) is 0 Å². The van der Waals surface area contributed by atoms with Crippen LogP contribution in [0.4, 0.5) is 5.69 Å². The van der Waals surface area contributed by atoms with Crippen molar-refractivity contribution in [2.24, 2.45) is 5.92 Å². The summed E-state index contributed by atoms with van der Waals surface area (Å²) in [7, 11) is 0. The number of benzene rings is 2. The van der Waals surface area contributed by atoms with Crippen molar-refractivity contribution in [3.8, 4) is 0 Å². The smallest absolute Gasteiger partial charge is 0.135 e. The molecule has 1 N–H and O–H groups in total. The molecule has 0 aliphatic heterocycles. The van der Waals surface area contributed by atoms with Gasteiger partial charge < -0.3 is 9.73 Å². The second-order valence-corrected chi connectivity index (χ2v) is 6.32. The van der Waals surface area contributed by atoms with Crippen LogP contribution < -0.4 is 5.32 Å². The molecule has 108 valence electrons. The van der Waals surface area contributed by atoms with E-state index in [0.717, 1.165) is 17.1 Å². The summed E-state index contributed by atoms with van der Waals surface area (Å²) in [6, 6.07) is 15.3. The highest BCUT2D eigenvalue weighted by Gasteiger charge is 2.21. The Kier molecular flexibility index (Phi) is 3.10. The minimum atomic E-state index is 0.606. The summed E-state index contributed by atoms with van der Waals surface area (Å²) in [6.45, 7) is 2.36. The fourth-order valence-corrected chi connectivity index (χ4v) is 3.56. The Labute approximate surface area is 125 Å². The number of rotatable bonds is 2. The first-order valence-electron chi connectivity index (χ1n) is 7.99. The van der Waals surface area contributed by atoms with Crippen molar-refractivity contribution in [3.05, 3.63) is 42.5 Å². The van der Waals surface area contributed by atoms with Crippen LogP contribution in [0.1, 0.15) is 32.6 Å². The Morgan fingerprint density at radius 2 is 1.76 bits per heavy atom. The lowest BCUT2D eigenvalue weighted by molar-refractivity contribution is 0.349. The number of nitrogens with one attached hydrogen (secondary N) is 1. The van der Waals surface area contributed by atoms with Crippen LogP contribution in [0.5, 0.6) is 0 Å². The van der Waals surface area contributed by atoms with Gasteiger partial charge in [-0.1, -0.05) is 38.0 Å². The van der Waals surface area contributed by atoms with Crippen LogP contribution in [-0.2, 0) is 0 Å². The predicted octanol–water partition coefficient (Wildman–Crippen LogP) is 5.58. The minimum absolute atomic E-state index is 0.606. The van der Waals surface area contributed by atoms with Crippen LogP contribution in [0.2, 0.25) is 0 Å². The van der Waals surface area contributed by atoms with Gasteiger partial charge in [-0.05, 0) is 43.0 Å². The standard InChI is InChI=1S/C19H21NO/c1-13-6-2-4-8-17(13)20-14-10-11-19-16(12-14)15-7-3-5-9-18(15)21-19/h3,5,7,9-13,17,20H,2,4,6,8H2,1H3. The zero-order chi connectivity index (χ0) is 14.2. The molecule has 3 aromatic rings. The highest BCUT2D eigenvalue weighted by Crippen LogP contribution is 2.32. The first kappa shape index (κ1) is 12.8. The molecule has 1 heterocycles. The summed E-state index contributed by atoms with van der Waals surface area (Å²) in [6.07, 6.45) is 5.35. The predicted molar refractivity (Wildman–Crippen MR) is 88.8 cm³/mol. The number of anilines is 1. The number of hydrogen-bond acceptors (Lipinski definition) is 2. The third-order valence-corrected chi connectivity index (χ3v) is 4.84. The molecule has 2 atom stereocenters. The molecule has 1 aromatic heterocycles. The molecular weight excluding hydrogens is 258 g/mol. The quantitative estimate of drug-likeness (QED) is 0.662. The third-order valence-electron chi connectivity index (χ3n) is 4.84. The van der Waals surface area contributed by atoms with E-state index in [2.05, 4.69) is 42.6 Å². The van der Waals surface area contributed by atoms with Gasteiger partial charge in [-0.3, -0.25) is 0 Å². The second kappa shape index (κ2) is 5.10. The Bertz CT molecular complexity index is 773. The molecule has 1 aliphatic carbocycles. The molecule has 21 heavy (non-hydrogen) atoms. The lowest BCUT2D eigenvalue weighted by Gasteiger charge is -2.30. The van der Waals surface area contributed by atoms with Gasteiger partial charge in [0.15, 0.2) is 0 Å². The number of hydrogen-bond donors (Lipinski definition) is 1. The van der Waals surface area contributed by atoms with Crippen LogP contribution in [0.25, 0.3) is 21.9 Å². The molecule has 1 saturated carbocycles. The lowest BCUT2D eigenvalue weighted by atomic mass is 9.86. The summed E-state index contributed by atoms with van der Waals surface area (Å²) in [5.41, 5.74) is 3.15. The van der Waals surface area contributed by atoms with Crippen LogP contribution in [0.3, 0.4) is 0 Å². The van der Waals surface area contributed by atoms with Gasteiger partial charge in [-0.15, -0.1) is 0 Å². The molecule has 0 bridgehead atoms. The monoisotopic (exact) mass is 279 g/mol. The van der Waals surface area contributed by atoms with Crippen molar-refractivity contribution in [1.29, 1.82) is 0 Å². The van der Waals surface area contributed by atoms with Crippen LogP contribution >= 0.6 is 0 Å². The van der Waals surface area contributed by atoms with Crippen molar-refractivity contribution in [2.45, 2.75) is 38.6 Å². The first-order valence-corrected chi connectivity index (χ1v) is 7.99. The Morgan fingerprint density at radius 1 is 0.952 bits per heavy atom. The second-order valence-electron chi connectivity index (χ2n) is 6.32. The van der Waals surface area contributed by atoms with Gasteiger partial charge in [0, 0.05) is 22.5 Å². The largest absolute Gasteiger partial charge is 0.456 e. The minimum Gasteiger partial charge on any atom is -0.456 e. The molecular formula is C19H21NO. The normalized spacial score (nSPS) is 22.7. The van der Waals surface area contributed by atoms with E-state index in [4.69, 9.17) is 4.42 Å². The lowest BCUT2D eigenvalue weighted by Crippen LogP contribution is -2.30. The van der Waals surface area contributed by atoms with Crippen LogP contribution in [0.15, 0.2) is 46.9 Å². The summed E-state index contributed by atoms with van der Waals surface area (Å²) >= 11 is 0. The molecule has 0 saturated heterocycles. The van der Waals surface area contributed by atoms with Gasteiger partial charge in [0.05, 0.1) is 0 Å². The summed E-state index contributed by atoms with van der Waals surface area (Å²) in [5, 5.41) is 6.14. The topological polar surface area (TPSA) is 25.2 Å². The molecule has 0 radical (unpaired) electrons. The van der Waals surface area contributed by atoms with Crippen molar-refractivity contribution in [3.63, 3.8) is 0 Å². The third kappa shape index (κ3) is 2.29. The Hall–Kier alpha value is -1.96. The zero-order valence-corrected chi connectivity index (χ0v) is 12.4. The molecule has 0 spiro atoms. The zero-order valence-electron chi connectivity index (χ0n) is 12.4. The maximum Gasteiger partial charge on any atom is 0.135 e. The molecule has 1 fully saturated rings. The summed E-state index contributed by atoms with van der Waals surface area (Å²) < 4.78 is 5.89.